The summed E-state index contributed by atoms with van der Waals surface area (Å²) in [6, 6.07) is 0. The topological polar surface area (TPSA) is 55.8 Å². The summed E-state index contributed by atoms with van der Waals surface area (Å²) >= 11 is 1.78. The van der Waals surface area contributed by atoms with Crippen molar-refractivity contribution < 1.29 is 0 Å². The fourth-order valence-electron chi connectivity index (χ4n) is 3.99. The van der Waals surface area contributed by atoms with Gasteiger partial charge in [0.05, 0.1) is 12.2 Å². The van der Waals surface area contributed by atoms with Crippen molar-refractivity contribution in [3.05, 3.63) is 11.1 Å². The zero-order chi connectivity index (χ0) is 19.8. The molecule has 0 aromatic carbocycles. The first-order valence-corrected chi connectivity index (χ1v) is 11.9. The maximum atomic E-state index is 4.89. The van der Waals surface area contributed by atoms with Crippen LogP contribution in [0.4, 0.5) is 5.13 Å². The molecule has 2 fully saturated rings. The number of thiazole rings is 1. The van der Waals surface area contributed by atoms with Crippen molar-refractivity contribution in [2.24, 2.45) is 4.99 Å². The summed E-state index contributed by atoms with van der Waals surface area (Å²) in [6.07, 6.45) is 7.54. The Kier molecular flexibility index (Phi) is 10.5. The van der Waals surface area contributed by atoms with Crippen LogP contribution in [-0.4, -0.2) is 67.2 Å². The number of anilines is 1. The highest BCUT2D eigenvalue weighted by Gasteiger charge is 2.27. The second kappa shape index (κ2) is 12.3. The van der Waals surface area contributed by atoms with E-state index in [2.05, 4.69) is 46.6 Å². The first-order chi connectivity index (χ1) is 13.6. The molecule has 0 radical (unpaired) electrons. The maximum absolute atomic E-state index is 4.89. The van der Waals surface area contributed by atoms with Crippen LogP contribution < -0.4 is 15.5 Å². The second-order valence-electron chi connectivity index (χ2n) is 8.55. The summed E-state index contributed by atoms with van der Waals surface area (Å²) in [5, 5.41) is 10.3. The van der Waals surface area contributed by atoms with Crippen LogP contribution in [0.2, 0.25) is 0 Å². The van der Waals surface area contributed by atoms with Gasteiger partial charge in [0.1, 0.15) is 0 Å². The first-order valence-electron chi connectivity index (χ1n) is 11.0. The van der Waals surface area contributed by atoms with Crippen LogP contribution in [0.1, 0.15) is 58.6 Å². The number of likely N-dealkylation sites (tertiary alicyclic amines) is 1. The molecule has 1 aromatic rings. The van der Waals surface area contributed by atoms with E-state index in [4.69, 9.17) is 9.98 Å². The number of nitrogens with one attached hydrogen (secondary N) is 2. The molecule has 1 aromatic heterocycles. The number of hydrogen-bond donors (Lipinski definition) is 2. The molecule has 0 spiro atoms. The van der Waals surface area contributed by atoms with Crippen LogP contribution in [0.3, 0.4) is 0 Å². The number of rotatable bonds is 8. The Morgan fingerprint density at radius 3 is 2.48 bits per heavy atom. The number of nitrogens with zero attached hydrogens (tertiary/aromatic N) is 4. The summed E-state index contributed by atoms with van der Waals surface area (Å²) in [5.41, 5.74) is 1.30. The highest BCUT2D eigenvalue weighted by atomic mass is 127. The molecule has 2 aliphatic rings. The summed E-state index contributed by atoms with van der Waals surface area (Å²) in [7, 11) is 0. The Morgan fingerprint density at radius 1 is 1.10 bits per heavy atom. The van der Waals surface area contributed by atoms with Crippen molar-refractivity contribution in [1.29, 1.82) is 0 Å². The minimum Gasteiger partial charge on any atom is -0.357 e. The lowest BCUT2D eigenvalue weighted by Gasteiger charge is -2.40. The van der Waals surface area contributed by atoms with E-state index in [1.54, 1.807) is 11.3 Å². The molecule has 2 aliphatic heterocycles. The molecule has 166 valence electrons. The minimum atomic E-state index is 0. The largest absolute Gasteiger partial charge is 0.357 e. The Morgan fingerprint density at radius 2 is 1.79 bits per heavy atom. The Labute approximate surface area is 198 Å². The van der Waals surface area contributed by atoms with Crippen LogP contribution in [0, 0.1) is 0 Å². The quantitative estimate of drug-likeness (QED) is 0.303. The predicted molar refractivity (Wildman–Crippen MR) is 136 cm³/mol. The van der Waals surface area contributed by atoms with Gasteiger partial charge in [-0.3, -0.25) is 9.89 Å². The van der Waals surface area contributed by atoms with E-state index in [-0.39, 0.29) is 29.5 Å². The average Bonchev–Trinajstić information content (AvgIpc) is 3.39. The molecule has 29 heavy (non-hydrogen) atoms. The number of guanidine groups is 1. The van der Waals surface area contributed by atoms with Gasteiger partial charge in [-0.15, -0.1) is 35.3 Å². The van der Waals surface area contributed by atoms with Crippen LogP contribution >= 0.6 is 35.3 Å². The second-order valence-corrected chi connectivity index (χ2v) is 9.38. The Hall–Kier alpha value is -0.610. The highest BCUT2D eigenvalue weighted by Crippen LogP contribution is 2.24. The van der Waals surface area contributed by atoms with E-state index in [0.717, 1.165) is 45.1 Å². The van der Waals surface area contributed by atoms with Gasteiger partial charge >= 0.3 is 0 Å². The molecule has 8 heteroatoms. The van der Waals surface area contributed by atoms with E-state index in [1.165, 1.54) is 56.0 Å². The van der Waals surface area contributed by atoms with Gasteiger partial charge in [-0.1, -0.05) is 6.42 Å². The smallest absolute Gasteiger partial charge is 0.191 e. The third-order valence-corrected chi connectivity index (χ3v) is 6.72. The molecule has 3 rings (SSSR count). The van der Waals surface area contributed by atoms with Crippen molar-refractivity contribution in [3.8, 4) is 0 Å². The van der Waals surface area contributed by atoms with E-state index < -0.39 is 0 Å². The number of hydrogen-bond acceptors (Lipinski definition) is 5. The minimum absolute atomic E-state index is 0. The standard InChI is InChI=1S/C21H38N6S.HI/c1-4-22-19(24-17-21(2,3)27-14-6-5-7-15-27)23-11-10-18-16-28-20(25-18)26-12-8-9-13-26;/h16H,4-15,17H2,1-3H3,(H2,22,23,24);1H. The third kappa shape index (κ3) is 7.54. The fourth-order valence-corrected chi connectivity index (χ4v) is 4.90. The predicted octanol–water partition coefficient (Wildman–Crippen LogP) is 3.72. The summed E-state index contributed by atoms with van der Waals surface area (Å²) in [5.74, 6) is 0.919. The number of aliphatic imine (C=N–C) groups is 1. The summed E-state index contributed by atoms with van der Waals surface area (Å²) in [6.45, 7) is 14.1. The molecule has 6 nitrogen and oxygen atoms in total. The van der Waals surface area contributed by atoms with E-state index in [9.17, 15) is 0 Å². The van der Waals surface area contributed by atoms with Crippen LogP contribution in [0.5, 0.6) is 0 Å². The Balaban J connectivity index is 0.00000300. The van der Waals surface area contributed by atoms with Gasteiger partial charge in [0.15, 0.2) is 11.1 Å². The molecular formula is C21H39IN6S. The molecule has 0 saturated carbocycles. The van der Waals surface area contributed by atoms with E-state index in [0.29, 0.717) is 0 Å². The lowest BCUT2D eigenvalue weighted by molar-refractivity contribution is 0.102. The molecule has 0 unspecified atom stereocenters. The average molecular weight is 535 g/mol. The van der Waals surface area contributed by atoms with Crippen molar-refractivity contribution in [1.82, 2.24) is 20.5 Å². The lowest BCUT2D eigenvalue weighted by Crippen LogP contribution is -2.49. The van der Waals surface area contributed by atoms with Crippen molar-refractivity contribution in [3.63, 3.8) is 0 Å². The zero-order valence-corrected chi connectivity index (χ0v) is 21.5. The summed E-state index contributed by atoms with van der Waals surface area (Å²) < 4.78 is 0. The van der Waals surface area contributed by atoms with Gasteiger partial charge in [0, 0.05) is 43.5 Å². The van der Waals surface area contributed by atoms with Crippen LogP contribution in [-0.2, 0) is 6.42 Å². The number of piperidine rings is 1. The third-order valence-electron chi connectivity index (χ3n) is 5.77. The fraction of sp³-hybridized carbons (Fsp3) is 0.810. The van der Waals surface area contributed by atoms with Gasteiger partial charge in [-0.2, -0.15) is 0 Å². The molecule has 0 aliphatic carbocycles. The normalized spacial score (nSPS) is 18.6. The highest BCUT2D eigenvalue weighted by molar-refractivity contribution is 14.0. The monoisotopic (exact) mass is 534 g/mol. The molecule has 2 saturated heterocycles. The summed E-state index contributed by atoms with van der Waals surface area (Å²) in [4.78, 5) is 14.7. The van der Waals surface area contributed by atoms with Gasteiger partial charge < -0.3 is 15.5 Å². The number of aromatic nitrogens is 1. The molecule has 0 bridgehead atoms. The lowest BCUT2D eigenvalue weighted by atomic mass is 9.99. The van der Waals surface area contributed by atoms with Gasteiger partial charge in [-0.25, -0.2) is 4.98 Å². The number of halogens is 1. The van der Waals surface area contributed by atoms with Crippen molar-refractivity contribution >= 4 is 46.4 Å². The van der Waals surface area contributed by atoms with Gasteiger partial charge in [0.25, 0.3) is 0 Å². The van der Waals surface area contributed by atoms with E-state index >= 15 is 0 Å². The molecule has 2 N–H and O–H groups in total. The van der Waals surface area contributed by atoms with Crippen molar-refractivity contribution in [2.45, 2.75) is 64.8 Å². The first kappa shape index (κ1) is 24.7. The molecule has 0 amide bonds. The van der Waals surface area contributed by atoms with Crippen LogP contribution in [0.15, 0.2) is 10.4 Å². The van der Waals surface area contributed by atoms with Gasteiger partial charge in [0.2, 0.25) is 0 Å². The van der Waals surface area contributed by atoms with Gasteiger partial charge in [-0.05, 0) is 59.5 Å². The van der Waals surface area contributed by atoms with Crippen molar-refractivity contribution in [2.75, 3.05) is 50.7 Å². The molecule has 3 heterocycles. The maximum Gasteiger partial charge on any atom is 0.191 e. The van der Waals surface area contributed by atoms with E-state index in [1.807, 2.05) is 0 Å². The molecule has 0 atom stereocenters. The zero-order valence-electron chi connectivity index (χ0n) is 18.4. The van der Waals surface area contributed by atoms with Crippen LogP contribution in [0.25, 0.3) is 0 Å². The SMILES string of the molecule is CCNC(=NCC(C)(C)N1CCCCC1)NCCc1csc(N2CCCC2)n1.I. The molecular weight excluding hydrogens is 495 g/mol. The Bertz CT molecular complexity index is 620.